The van der Waals surface area contributed by atoms with Crippen LogP contribution in [0.5, 0.6) is 5.75 Å². The molecule has 2 aromatic carbocycles. The molecule has 3 rings (SSSR count). The van der Waals surface area contributed by atoms with E-state index in [1.165, 1.54) is 29.2 Å². The van der Waals surface area contributed by atoms with Gasteiger partial charge in [0.25, 0.3) is 11.7 Å². The minimum Gasteiger partial charge on any atom is -0.507 e. The second-order valence-corrected chi connectivity index (χ2v) is 7.66. The highest BCUT2D eigenvalue weighted by atomic mass is 19.1. The average molecular weight is 426 g/mol. The molecule has 6 nitrogen and oxygen atoms in total. The van der Waals surface area contributed by atoms with Crippen molar-refractivity contribution in [1.82, 2.24) is 9.80 Å². The van der Waals surface area contributed by atoms with Crippen LogP contribution in [0, 0.1) is 5.82 Å². The minimum atomic E-state index is -0.793. The van der Waals surface area contributed by atoms with Crippen molar-refractivity contribution in [2.45, 2.75) is 19.4 Å². The molecular weight excluding hydrogens is 399 g/mol. The number of halogens is 1. The second-order valence-electron chi connectivity index (χ2n) is 7.66. The van der Waals surface area contributed by atoms with E-state index in [2.05, 4.69) is 0 Å². The molecule has 1 saturated heterocycles. The largest absolute Gasteiger partial charge is 0.507 e. The molecule has 1 unspecified atom stereocenters. The maximum Gasteiger partial charge on any atom is 0.295 e. The average Bonchev–Trinajstić information content (AvgIpc) is 2.99. The summed E-state index contributed by atoms with van der Waals surface area (Å²) in [6.45, 7) is 3.37. The lowest BCUT2D eigenvalue weighted by Gasteiger charge is -2.26. The molecule has 1 fully saturated rings. The first-order valence-corrected chi connectivity index (χ1v) is 10.2. The molecule has 164 valence electrons. The smallest absolute Gasteiger partial charge is 0.295 e. The molecule has 1 amide bonds. The molecule has 7 heteroatoms. The number of ether oxygens (including phenoxy) is 1. The van der Waals surface area contributed by atoms with E-state index in [1.807, 2.05) is 25.9 Å². The monoisotopic (exact) mass is 426 g/mol. The predicted molar refractivity (Wildman–Crippen MR) is 116 cm³/mol. The Bertz CT molecular complexity index is 985. The summed E-state index contributed by atoms with van der Waals surface area (Å²) < 4.78 is 19.0. The molecule has 0 aliphatic carbocycles. The summed E-state index contributed by atoms with van der Waals surface area (Å²) in [5, 5.41) is 11.1. The summed E-state index contributed by atoms with van der Waals surface area (Å²) in [5.74, 6) is -1.57. The molecule has 1 aliphatic heterocycles. The Labute approximate surface area is 181 Å². The van der Waals surface area contributed by atoms with Gasteiger partial charge < -0.3 is 19.6 Å². The maximum atomic E-state index is 13.5. The van der Waals surface area contributed by atoms with Gasteiger partial charge in [0.05, 0.1) is 18.2 Å². The third-order valence-corrected chi connectivity index (χ3v) is 5.15. The Morgan fingerprint density at radius 1 is 1.16 bits per heavy atom. The number of carbonyl (C=O) groups is 2. The van der Waals surface area contributed by atoms with Crippen LogP contribution in [0.3, 0.4) is 0 Å². The zero-order valence-corrected chi connectivity index (χ0v) is 18.0. The van der Waals surface area contributed by atoms with Gasteiger partial charge in [0.15, 0.2) is 0 Å². The maximum absolute atomic E-state index is 13.5. The van der Waals surface area contributed by atoms with Gasteiger partial charge in [-0.05, 0) is 63.8 Å². The molecule has 0 aromatic heterocycles. The number of hydrogen-bond acceptors (Lipinski definition) is 5. The summed E-state index contributed by atoms with van der Waals surface area (Å²) in [7, 11) is 3.86. The van der Waals surface area contributed by atoms with Crippen LogP contribution in [0.1, 0.15) is 30.5 Å². The number of rotatable bonds is 8. The first-order chi connectivity index (χ1) is 14.8. The summed E-state index contributed by atoms with van der Waals surface area (Å²) in [6.07, 6.45) is 0.650. The number of nitrogens with zero attached hydrogens (tertiary/aromatic N) is 2. The lowest BCUT2D eigenvalue weighted by Crippen LogP contribution is -2.32. The van der Waals surface area contributed by atoms with Gasteiger partial charge >= 0.3 is 0 Å². The standard InChI is InChI=1S/C24H27FN2O4/c1-4-31-19-8-5-7-17(15-19)22(28)20-21(16-9-11-18(25)12-10-16)27(24(30)23(20)29)14-6-13-26(2)3/h5,7-12,15,21,28H,4,6,13-14H2,1-3H3/b22-20+. The highest BCUT2D eigenvalue weighted by molar-refractivity contribution is 6.46. The Morgan fingerprint density at radius 2 is 1.87 bits per heavy atom. The van der Waals surface area contributed by atoms with E-state index in [1.54, 1.807) is 24.3 Å². The summed E-state index contributed by atoms with van der Waals surface area (Å²) in [5.41, 5.74) is 0.937. The first-order valence-electron chi connectivity index (χ1n) is 10.2. The fourth-order valence-electron chi connectivity index (χ4n) is 3.71. The molecule has 1 atom stereocenters. The predicted octanol–water partition coefficient (Wildman–Crippen LogP) is 3.60. The van der Waals surface area contributed by atoms with E-state index in [-0.39, 0.29) is 11.3 Å². The van der Waals surface area contributed by atoms with Gasteiger partial charge in [0.1, 0.15) is 17.3 Å². The van der Waals surface area contributed by atoms with Gasteiger partial charge in [-0.25, -0.2) is 4.39 Å². The highest BCUT2D eigenvalue weighted by Gasteiger charge is 2.45. The van der Waals surface area contributed by atoms with Crippen LogP contribution in [0.15, 0.2) is 54.1 Å². The number of likely N-dealkylation sites (tertiary alicyclic amines) is 1. The summed E-state index contributed by atoms with van der Waals surface area (Å²) in [4.78, 5) is 29.3. The van der Waals surface area contributed by atoms with E-state index in [0.29, 0.717) is 36.4 Å². The van der Waals surface area contributed by atoms with Crippen molar-refractivity contribution < 1.29 is 23.8 Å². The molecule has 0 saturated carbocycles. The van der Waals surface area contributed by atoms with Gasteiger partial charge in [0.2, 0.25) is 0 Å². The van der Waals surface area contributed by atoms with E-state index in [0.717, 1.165) is 6.54 Å². The lowest BCUT2D eigenvalue weighted by molar-refractivity contribution is -0.139. The second kappa shape index (κ2) is 9.75. The molecule has 1 aliphatic rings. The van der Waals surface area contributed by atoms with E-state index >= 15 is 0 Å². The van der Waals surface area contributed by atoms with Gasteiger partial charge in [-0.2, -0.15) is 0 Å². The topological polar surface area (TPSA) is 70.1 Å². The van der Waals surface area contributed by atoms with Crippen LogP contribution in [0.2, 0.25) is 0 Å². The van der Waals surface area contributed by atoms with Gasteiger partial charge in [-0.1, -0.05) is 24.3 Å². The van der Waals surface area contributed by atoms with Crippen LogP contribution < -0.4 is 4.74 Å². The number of amides is 1. The molecule has 1 heterocycles. The SMILES string of the molecule is CCOc1cccc(/C(O)=C2\C(=O)C(=O)N(CCCN(C)C)C2c2ccc(F)cc2)c1. The molecule has 0 bridgehead atoms. The van der Waals surface area contributed by atoms with Crippen LogP contribution in [-0.2, 0) is 9.59 Å². The fraction of sp³-hybridized carbons (Fsp3) is 0.333. The van der Waals surface area contributed by atoms with E-state index < -0.39 is 23.5 Å². The highest BCUT2D eigenvalue weighted by Crippen LogP contribution is 2.39. The van der Waals surface area contributed by atoms with Crippen molar-refractivity contribution in [3.8, 4) is 5.75 Å². The van der Waals surface area contributed by atoms with Crippen molar-refractivity contribution in [2.75, 3.05) is 33.8 Å². The molecule has 0 radical (unpaired) electrons. The van der Waals surface area contributed by atoms with Gasteiger partial charge in [0, 0.05) is 12.1 Å². The van der Waals surface area contributed by atoms with Crippen molar-refractivity contribution in [3.05, 3.63) is 71.0 Å². The minimum absolute atomic E-state index is 0.00453. The zero-order valence-electron chi connectivity index (χ0n) is 18.0. The van der Waals surface area contributed by atoms with Crippen LogP contribution >= 0.6 is 0 Å². The number of benzene rings is 2. The number of aliphatic hydroxyl groups excluding tert-OH is 1. The summed E-state index contributed by atoms with van der Waals surface area (Å²) >= 11 is 0. The number of ketones is 1. The van der Waals surface area contributed by atoms with Crippen molar-refractivity contribution in [3.63, 3.8) is 0 Å². The van der Waals surface area contributed by atoms with Crippen LogP contribution in [-0.4, -0.2) is 60.4 Å². The number of hydrogen-bond donors (Lipinski definition) is 1. The summed E-state index contributed by atoms with van der Waals surface area (Å²) in [6, 6.07) is 11.6. The molecule has 2 aromatic rings. The molecule has 0 spiro atoms. The van der Waals surface area contributed by atoms with Crippen molar-refractivity contribution in [1.29, 1.82) is 0 Å². The Balaban J connectivity index is 2.08. The number of Topliss-reactive ketones (excluding diaryl/α,β-unsaturated/α-hetero) is 1. The first kappa shape index (κ1) is 22.5. The Hall–Kier alpha value is -3.19. The Kier molecular flexibility index (Phi) is 7.07. The van der Waals surface area contributed by atoms with Crippen LogP contribution in [0.4, 0.5) is 4.39 Å². The fourth-order valence-corrected chi connectivity index (χ4v) is 3.71. The molecule has 1 N–H and O–H groups in total. The Morgan fingerprint density at radius 3 is 2.52 bits per heavy atom. The van der Waals surface area contributed by atoms with Crippen molar-refractivity contribution in [2.24, 2.45) is 0 Å². The lowest BCUT2D eigenvalue weighted by atomic mass is 9.95. The normalized spacial score (nSPS) is 18.1. The van der Waals surface area contributed by atoms with E-state index in [4.69, 9.17) is 4.74 Å². The number of carbonyl (C=O) groups excluding carboxylic acids is 2. The zero-order chi connectivity index (χ0) is 22.5. The van der Waals surface area contributed by atoms with Crippen molar-refractivity contribution >= 4 is 17.4 Å². The molecule has 31 heavy (non-hydrogen) atoms. The van der Waals surface area contributed by atoms with Crippen LogP contribution in [0.25, 0.3) is 5.76 Å². The number of aliphatic hydroxyl groups is 1. The van der Waals surface area contributed by atoms with E-state index in [9.17, 15) is 19.1 Å². The third-order valence-electron chi connectivity index (χ3n) is 5.15. The molecular formula is C24H27FN2O4. The quantitative estimate of drug-likeness (QED) is 0.397. The van der Waals surface area contributed by atoms with Gasteiger partial charge in [-0.3, -0.25) is 9.59 Å². The third kappa shape index (κ3) is 4.94. The van der Waals surface area contributed by atoms with Gasteiger partial charge in [-0.15, -0.1) is 0 Å².